The zero-order chi connectivity index (χ0) is 46.7. The lowest BCUT2D eigenvalue weighted by atomic mass is 9.87. The van der Waals surface area contributed by atoms with E-state index in [-0.39, 0.29) is 6.04 Å². The van der Waals surface area contributed by atoms with Gasteiger partial charge in [0.2, 0.25) is 0 Å². The molecule has 0 saturated carbocycles. The first-order chi connectivity index (χ1) is 35.1. The van der Waals surface area contributed by atoms with Crippen molar-refractivity contribution in [1.29, 1.82) is 0 Å². The Balaban J connectivity index is 0.982. The number of hydrogen-bond acceptors (Lipinski definition) is 3. The summed E-state index contributed by atoms with van der Waals surface area (Å²) in [6.07, 6.45) is 2.93. The summed E-state index contributed by atoms with van der Waals surface area (Å²) in [7, 11) is 0. The molecule has 71 heavy (non-hydrogen) atoms. The van der Waals surface area contributed by atoms with Gasteiger partial charge >= 0.3 is 0 Å². The van der Waals surface area contributed by atoms with Gasteiger partial charge in [0.05, 0.1) is 28.5 Å². The van der Waals surface area contributed by atoms with Gasteiger partial charge < -0.3 is 13.4 Å². The largest absolute Gasteiger partial charge is 0.456 e. The third-order valence-electron chi connectivity index (χ3n) is 15.0. The van der Waals surface area contributed by atoms with Crippen LogP contribution in [0, 0.1) is 0 Å². The van der Waals surface area contributed by atoms with Crippen LogP contribution in [-0.2, 0) is 0 Å². The summed E-state index contributed by atoms with van der Waals surface area (Å²) in [6, 6.07) is 77.9. The molecule has 4 heteroatoms. The molecule has 0 aliphatic carbocycles. The Labute approximate surface area is 408 Å². The number of rotatable bonds is 5. The highest BCUT2D eigenvalue weighted by molar-refractivity contribution is 6.26. The van der Waals surface area contributed by atoms with Crippen LogP contribution < -0.4 is 0 Å². The number of nitrogens with zero attached hydrogens (tertiary/aromatic N) is 2. The van der Waals surface area contributed by atoms with Crippen LogP contribution in [0.3, 0.4) is 0 Å². The van der Waals surface area contributed by atoms with Gasteiger partial charge in [0.25, 0.3) is 0 Å². The first kappa shape index (κ1) is 39.7. The summed E-state index contributed by atoms with van der Waals surface area (Å²) in [5, 5.41) is 14.2. The number of hydrogen-bond donors (Lipinski definition) is 0. The molecule has 0 saturated heterocycles. The molecule has 332 valence electrons. The lowest BCUT2D eigenvalue weighted by Crippen LogP contribution is -2.07. The van der Waals surface area contributed by atoms with E-state index in [9.17, 15) is 0 Å². The first-order valence-electron chi connectivity index (χ1n) is 24.4. The molecule has 1 unspecified atom stereocenters. The Bertz CT molecular complexity index is 4560. The summed E-state index contributed by atoms with van der Waals surface area (Å²) in [4.78, 5) is 5.90. The Morgan fingerprint density at radius 1 is 0.394 bits per heavy atom. The fourth-order valence-corrected chi connectivity index (χ4v) is 12.0. The fraction of sp³-hybridized carbons (Fsp3) is 0.0299. The molecule has 0 fully saturated rings. The van der Waals surface area contributed by atoms with Crippen molar-refractivity contribution in [2.75, 3.05) is 0 Å². The van der Waals surface area contributed by atoms with Gasteiger partial charge in [0.15, 0.2) is 0 Å². The molecule has 4 heterocycles. The quantitative estimate of drug-likeness (QED) is 0.128. The minimum Gasteiger partial charge on any atom is -0.456 e. The van der Waals surface area contributed by atoms with E-state index in [2.05, 4.69) is 217 Å². The Morgan fingerprint density at radius 2 is 0.859 bits per heavy atom. The molecule has 3 aromatic heterocycles. The predicted molar refractivity (Wildman–Crippen MR) is 297 cm³/mol. The topological polar surface area (TPSA) is 43.6 Å². The van der Waals surface area contributed by atoms with Gasteiger partial charge in [-0.1, -0.05) is 176 Å². The third-order valence-corrected chi connectivity index (χ3v) is 15.0. The molecule has 1 aliphatic heterocycles. The van der Waals surface area contributed by atoms with Crippen LogP contribution in [-0.4, -0.2) is 10.3 Å². The molecule has 0 spiro atoms. The van der Waals surface area contributed by atoms with E-state index in [1.165, 1.54) is 43.1 Å². The number of fused-ring (bicyclic) bond motifs is 15. The van der Waals surface area contributed by atoms with Crippen molar-refractivity contribution in [3.63, 3.8) is 0 Å². The van der Waals surface area contributed by atoms with E-state index in [0.29, 0.717) is 6.42 Å². The van der Waals surface area contributed by atoms with Crippen molar-refractivity contribution in [3.05, 3.63) is 253 Å². The van der Waals surface area contributed by atoms with Gasteiger partial charge in [-0.3, -0.25) is 4.99 Å². The number of aliphatic imine (C=N–C) groups is 1. The standard InChI is InChI=1S/C67H42N2O2/c1-40-37-42(43-25-14-33-62-65(43)66-52(27-16-34-63(66)71-62)51-26-15-32-61-64(51)54-24-9-13-31-60(54)70-61)39-56(53-23-8-12-30-59(53)69-57-28-10-6-21-49(57)50-22-7-11-29-58(50)69)68-67(40)41-35-36-48-46-19-3-2-17-44(46)45-18-4-5-20-47(45)55(48)38-41/h2-36,38-39,67H,1,37H2. The molecule has 0 N–H and O–H groups in total. The van der Waals surface area contributed by atoms with Crippen molar-refractivity contribution in [3.8, 4) is 16.8 Å². The van der Waals surface area contributed by atoms with Gasteiger partial charge in [-0.25, -0.2) is 0 Å². The zero-order valence-electron chi connectivity index (χ0n) is 38.6. The normalized spacial score (nSPS) is 14.5. The first-order valence-corrected chi connectivity index (χ1v) is 24.4. The minimum atomic E-state index is -0.345. The van der Waals surface area contributed by atoms with E-state index in [4.69, 9.17) is 20.4 Å². The van der Waals surface area contributed by atoms with Crippen LogP contribution in [0.25, 0.3) is 120 Å². The SMILES string of the molecule is C=C1CC(c2cccc3oc4cccc(-c5cccc6oc7ccccc7c56)c4c23)=CC(c2ccccc2-n2c3ccccc3c3ccccc32)=NC1c1ccc2c3ccccc3c3ccccc3c2c1. The summed E-state index contributed by atoms with van der Waals surface area (Å²) in [6.45, 7) is 4.95. The molecule has 0 bridgehead atoms. The molecule has 15 rings (SSSR count). The number of benzene rings is 11. The Kier molecular flexibility index (Phi) is 8.60. The average molecular weight is 907 g/mol. The maximum Gasteiger partial charge on any atom is 0.136 e. The lowest BCUT2D eigenvalue weighted by molar-refractivity contribution is 0.668. The molecular weight excluding hydrogens is 865 g/mol. The second kappa shape index (κ2) is 15.4. The molecule has 14 aromatic rings. The van der Waals surface area contributed by atoms with Crippen molar-refractivity contribution < 1.29 is 8.83 Å². The molecule has 4 nitrogen and oxygen atoms in total. The highest BCUT2D eigenvalue weighted by Gasteiger charge is 2.27. The summed E-state index contributed by atoms with van der Waals surface area (Å²) in [5.74, 6) is 0. The maximum atomic E-state index is 6.84. The van der Waals surface area contributed by atoms with Gasteiger partial charge in [-0.05, 0) is 127 Å². The van der Waals surface area contributed by atoms with Crippen LogP contribution in [0.1, 0.15) is 29.2 Å². The molecule has 1 atom stereocenters. The molecular formula is C67H42N2O2. The van der Waals surface area contributed by atoms with Crippen LogP contribution in [0.2, 0.25) is 0 Å². The highest BCUT2D eigenvalue weighted by Crippen LogP contribution is 2.47. The number of allylic oxidation sites excluding steroid dienone is 2. The molecule has 0 radical (unpaired) electrons. The molecule has 0 amide bonds. The van der Waals surface area contributed by atoms with Crippen molar-refractivity contribution in [2.24, 2.45) is 4.99 Å². The lowest BCUT2D eigenvalue weighted by Gasteiger charge is -2.19. The Hall–Kier alpha value is -9.25. The Morgan fingerprint density at radius 3 is 1.54 bits per heavy atom. The number of para-hydroxylation sites is 4. The number of aromatic nitrogens is 1. The van der Waals surface area contributed by atoms with Crippen LogP contribution in [0.4, 0.5) is 0 Å². The van der Waals surface area contributed by atoms with E-state index in [1.807, 2.05) is 12.1 Å². The summed E-state index contributed by atoms with van der Waals surface area (Å²) < 4.78 is 15.7. The second-order valence-corrected chi connectivity index (χ2v) is 18.9. The van der Waals surface area contributed by atoms with Gasteiger partial charge in [0.1, 0.15) is 22.3 Å². The van der Waals surface area contributed by atoms with Gasteiger partial charge in [-0.2, -0.15) is 0 Å². The summed E-state index contributed by atoms with van der Waals surface area (Å²) >= 11 is 0. The van der Waals surface area contributed by atoms with E-state index < -0.39 is 0 Å². The highest BCUT2D eigenvalue weighted by atomic mass is 16.3. The smallest absolute Gasteiger partial charge is 0.136 e. The third kappa shape index (κ3) is 5.95. The fourth-order valence-electron chi connectivity index (χ4n) is 12.0. The predicted octanol–water partition coefficient (Wildman–Crippen LogP) is 18.3. The maximum absolute atomic E-state index is 6.84. The molecule has 1 aliphatic rings. The number of furan rings is 2. The van der Waals surface area contributed by atoms with Gasteiger partial charge in [0, 0.05) is 37.9 Å². The monoisotopic (exact) mass is 906 g/mol. The summed E-state index contributed by atoms with van der Waals surface area (Å²) in [5.41, 5.74) is 15.2. The second-order valence-electron chi connectivity index (χ2n) is 18.9. The van der Waals surface area contributed by atoms with Crippen molar-refractivity contribution in [1.82, 2.24) is 4.57 Å². The van der Waals surface area contributed by atoms with Crippen LogP contribution in [0.15, 0.2) is 250 Å². The van der Waals surface area contributed by atoms with E-state index in [1.54, 1.807) is 0 Å². The zero-order valence-corrected chi connectivity index (χ0v) is 38.6. The van der Waals surface area contributed by atoms with E-state index in [0.717, 1.165) is 105 Å². The molecule has 11 aromatic carbocycles. The van der Waals surface area contributed by atoms with Crippen molar-refractivity contribution in [2.45, 2.75) is 12.5 Å². The van der Waals surface area contributed by atoms with Crippen molar-refractivity contribution >= 4 is 109 Å². The van der Waals surface area contributed by atoms with Crippen LogP contribution >= 0.6 is 0 Å². The van der Waals surface area contributed by atoms with Crippen LogP contribution in [0.5, 0.6) is 0 Å². The average Bonchev–Trinajstić information content (AvgIpc) is 4.08. The van der Waals surface area contributed by atoms with E-state index >= 15 is 0 Å². The van der Waals surface area contributed by atoms with Gasteiger partial charge in [-0.15, -0.1) is 0 Å². The minimum absolute atomic E-state index is 0.345.